The highest BCUT2D eigenvalue weighted by Crippen LogP contribution is 2.40. The maximum Gasteiger partial charge on any atom is 0.316 e. The zero-order valence-corrected chi connectivity index (χ0v) is 15.1. The van der Waals surface area contributed by atoms with Crippen LogP contribution in [0.3, 0.4) is 0 Å². The molecule has 1 aromatic carbocycles. The molecule has 6 heteroatoms. The van der Waals surface area contributed by atoms with Crippen LogP contribution in [0.2, 0.25) is 0 Å². The van der Waals surface area contributed by atoms with Crippen molar-refractivity contribution in [1.29, 1.82) is 0 Å². The van der Waals surface area contributed by atoms with Gasteiger partial charge in [0.2, 0.25) is 5.91 Å². The van der Waals surface area contributed by atoms with Crippen LogP contribution in [0.15, 0.2) is 18.2 Å². The predicted octanol–water partition coefficient (Wildman–Crippen LogP) is 2.69. The quantitative estimate of drug-likeness (QED) is 0.786. The number of urea groups is 1. The van der Waals surface area contributed by atoms with Crippen molar-refractivity contribution in [2.45, 2.75) is 70.1 Å². The van der Waals surface area contributed by atoms with E-state index >= 15 is 0 Å². The first-order valence-corrected chi connectivity index (χ1v) is 8.89. The number of rotatable bonds is 3. The second kappa shape index (κ2) is 6.24. The van der Waals surface area contributed by atoms with Crippen molar-refractivity contribution in [1.82, 2.24) is 10.6 Å². The van der Waals surface area contributed by atoms with Gasteiger partial charge in [-0.2, -0.15) is 0 Å². The fourth-order valence-electron chi connectivity index (χ4n) is 3.91. The van der Waals surface area contributed by atoms with E-state index < -0.39 is 11.4 Å². The Kier molecular flexibility index (Phi) is 4.39. The third-order valence-electron chi connectivity index (χ3n) is 5.21. The number of ether oxygens (including phenoxy) is 1. The second-order valence-corrected chi connectivity index (χ2v) is 7.91. The molecule has 0 bridgehead atoms. The van der Waals surface area contributed by atoms with Gasteiger partial charge in [-0.05, 0) is 45.2 Å². The van der Waals surface area contributed by atoms with Gasteiger partial charge in [0.15, 0.2) is 0 Å². The van der Waals surface area contributed by atoms with Crippen LogP contribution >= 0.6 is 0 Å². The number of nitrogens with two attached hydrogens (primary N) is 1. The Morgan fingerprint density at radius 1 is 1.24 bits per heavy atom. The number of aryl methyl sites for hydroxylation is 1. The molecule has 1 aliphatic carbocycles. The number of carbonyl (C=O) groups excluding carboxylic acids is 2. The van der Waals surface area contributed by atoms with E-state index in [-0.39, 0.29) is 17.7 Å². The third-order valence-corrected chi connectivity index (χ3v) is 5.21. The van der Waals surface area contributed by atoms with Crippen molar-refractivity contribution >= 4 is 11.9 Å². The molecule has 1 aromatic rings. The zero-order valence-electron chi connectivity index (χ0n) is 15.1. The van der Waals surface area contributed by atoms with Crippen LogP contribution in [0.5, 0.6) is 5.75 Å². The summed E-state index contributed by atoms with van der Waals surface area (Å²) >= 11 is 0. The number of benzene rings is 1. The molecule has 1 heterocycles. The van der Waals surface area contributed by atoms with Crippen LogP contribution in [-0.2, 0) is 4.79 Å². The molecule has 1 atom stereocenters. The Bertz CT molecular complexity index is 693. The molecule has 2 aliphatic rings. The smallest absolute Gasteiger partial charge is 0.316 e. The summed E-state index contributed by atoms with van der Waals surface area (Å²) in [4.78, 5) is 24.4. The van der Waals surface area contributed by atoms with E-state index in [1.807, 2.05) is 39.0 Å². The molecule has 3 rings (SSSR count). The summed E-state index contributed by atoms with van der Waals surface area (Å²) in [7, 11) is 0. The first-order chi connectivity index (χ1) is 11.7. The number of nitrogens with one attached hydrogen (secondary N) is 2. The van der Waals surface area contributed by atoms with Crippen LogP contribution in [0.25, 0.3) is 0 Å². The fourth-order valence-corrected chi connectivity index (χ4v) is 3.91. The normalized spacial score (nSPS) is 23.2. The molecule has 25 heavy (non-hydrogen) atoms. The van der Waals surface area contributed by atoms with Gasteiger partial charge in [0.05, 0.1) is 6.04 Å². The molecule has 1 unspecified atom stereocenters. The minimum atomic E-state index is -0.916. The van der Waals surface area contributed by atoms with Crippen LogP contribution in [0.4, 0.5) is 4.79 Å². The van der Waals surface area contributed by atoms with Gasteiger partial charge in [0, 0.05) is 12.0 Å². The Morgan fingerprint density at radius 2 is 1.92 bits per heavy atom. The van der Waals surface area contributed by atoms with Gasteiger partial charge in [0.1, 0.15) is 16.9 Å². The summed E-state index contributed by atoms with van der Waals surface area (Å²) in [5.41, 5.74) is 6.32. The maximum absolute atomic E-state index is 12.6. The fraction of sp³-hybridized carbons (Fsp3) is 0.579. The van der Waals surface area contributed by atoms with Gasteiger partial charge in [-0.3, -0.25) is 4.79 Å². The second-order valence-electron chi connectivity index (χ2n) is 7.91. The SMILES string of the molecule is Cc1ccc2c(c1)OC(C)(C)CC2NC(=O)NC1(C(N)=O)CCCC1. The van der Waals surface area contributed by atoms with E-state index in [1.54, 1.807) is 0 Å². The number of carbonyl (C=O) groups is 2. The van der Waals surface area contributed by atoms with Gasteiger partial charge in [0.25, 0.3) is 0 Å². The van der Waals surface area contributed by atoms with Crippen LogP contribution < -0.4 is 21.1 Å². The highest BCUT2D eigenvalue weighted by atomic mass is 16.5. The van der Waals surface area contributed by atoms with Crippen molar-refractivity contribution in [3.05, 3.63) is 29.3 Å². The molecule has 3 amide bonds. The molecule has 4 N–H and O–H groups in total. The molecule has 0 saturated heterocycles. The molecule has 1 saturated carbocycles. The van der Waals surface area contributed by atoms with Crippen LogP contribution in [0.1, 0.15) is 63.1 Å². The highest BCUT2D eigenvalue weighted by molar-refractivity contribution is 5.90. The van der Waals surface area contributed by atoms with E-state index in [0.29, 0.717) is 19.3 Å². The van der Waals surface area contributed by atoms with Gasteiger partial charge >= 0.3 is 6.03 Å². The van der Waals surface area contributed by atoms with Gasteiger partial charge < -0.3 is 21.1 Å². The van der Waals surface area contributed by atoms with Crippen molar-refractivity contribution in [2.24, 2.45) is 5.73 Å². The molecular weight excluding hydrogens is 318 g/mol. The lowest BCUT2D eigenvalue weighted by Crippen LogP contribution is -2.58. The molecule has 1 fully saturated rings. The molecule has 6 nitrogen and oxygen atoms in total. The van der Waals surface area contributed by atoms with Gasteiger partial charge in [-0.15, -0.1) is 0 Å². The highest BCUT2D eigenvalue weighted by Gasteiger charge is 2.42. The summed E-state index contributed by atoms with van der Waals surface area (Å²) in [6.45, 7) is 6.02. The summed E-state index contributed by atoms with van der Waals surface area (Å²) in [6, 6.07) is 5.46. The monoisotopic (exact) mass is 345 g/mol. The number of hydrogen-bond acceptors (Lipinski definition) is 3. The summed E-state index contributed by atoms with van der Waals surface area (Å²) in [5.74, 6) is 0.343. The summed E-state index contributed by atoms with van der Waals surface area (Å²) in [6.07, 6.45) is 3.65. The summed E-state index contributed by atoms with van der Waals surface area (Å²) < 4.78 is 6.06. The predicted molar refractivity (Wildman–Crippen MR) is 95.3 cm³/mol. The number of hydrogen-bond donors (Lipinski definition) is 3. The Morgan fingerprint density at radius 3 is 2.56 bits per heavy atom. The number of primary amides is 1. The average Bonchev–Trinajstić information content (AvgIpc) is 2.95. The Labute approximate surface area is 148 Å². The lowest BCUT2D eigenvalue weighted by molar-refractivity contribution is -0.123. The van der Waals surface area contributed by atoms with Crippen LogP contribution in [0, 0.1) is 6.92 Å². The molecule has 0 spiro atoms. The third kappa shape index (κ3) is 3.57. The molecular formula is C19H27N3O3. The molecule has 136 valence electrons. The van der Waals surface area contributed by atoms with Crippen molar-refractivity contribution in [3.8, 4) is 5.75 Å². The van der Waals surface area contributed by atoms with E-state index in [1.165, 1.54) is 0 Å². The average molecular weight is 345 g/mol. The molecule has 1 aliphatic heterocycles. The zero-order chi connectivity index (χ0) is 18.2. The lowest BCUT2D eigenvalue weighted by atomic mass is 9.89. The van der Waals surface area contributed by atoms with Gasteiger partial charge in [-0.1, -0.05) is 25.0 Å². The van der Waals surface area contributed by atoms with E-state index in [2.05, 4.69) is 10.6 Å². The number of amides is 3. The van der Waals surface area contributed by atoms with E-state index in [9.17, 15) is 9.59 Å². The largest absolute Gasteiger partial charge is 0.487 e. The molecule has 0 radical (unpaired) electrons. The Balaban J connectivity index is 1.78. The van der Waals surface area contributed by atoms with E-state index in [0.717, 1.165) is 29.7 Å². The van der Waals surface area contributed by atoms with Gasteiger partial charge in [-0.25, -0.2) is 4.79 Å². The topological polar surface area (TPSA) is 93.4 Å². The van der Waals surface area contributed by atoms with Crippen molar-refractivity contribution < 1.29 is 14.3 Å². The minimum Gasteiger partial charge on any atom is -0.487 e. The summed E-state index contributed by atoms with van der Waals surface area (Å²) in [5, 5.41) is 5.86. The minimum absolute atomic E-state index is 0.175. The standard InChI is InChI=1S/C19H27N3O3/c1-12-6-7-13-14(11-18(2,3)25-15(13)10-12)21-17(24)22-19(16(20)23)8-4-5-9-19/h6-7,10,14H,4-5,8-9,11H2,1-3H3,(H2,20,23)(H2,21,22,24). The first kappa shape index (κ1) is 17.6. The molecule has 0 aromatic heterocycles. The van der Waals surface area contributed by atoms with Crippen molar-refractivity contribution in [2.75, 3.05) is 0 Å². The lowest BCUT2D eigenvalue weighted by Gasteiger charge is -2.38. The van der Waals surface area contributed by atoms with E-state index in [4.69, 9.17) is 10.5 Å². The van der Waals surface area contributed by atoms with Crippen molar-refractivity contribution in [3.63, 3.8) is 0 Å². The number of fused-ring (bicyclic) bond motifs is 1. The first-order valence-electron chi connectivity index (χ1n) is 8.89. The Hall–Kier alpha value is -2.24. The van der Waals surface area contributed by atoms with Crippen LogP contribution in [-0.4, -0.2) is 23.1 Å². The maximum atomic E-state index is 12.6.